The third-order valence-electron chi connectivity index (χ3n) is 3.99. The number of anilines is 1. The number of rotatable bonds is 9. The van der Waals surface area contributed by atoms with E-state index in [4.69, 9.17) is 9.47 Å². The first kappa shape index (κ1) is 25.5. The molecule has 30 heavy (non-hydrogen) atoms. The molecule has 0 spiro atoms. The average Bonchev–Trinajstić information content (AvgIpc) is 2.71. The zero-order valence-electron chi connectivity index (χ0n) is 17.3. The number of methoxy groups -OCH3 is 2. The summed E-state index contributed by atoms with van der Waals surface area (Å²) in [7, 11) is 3.20. The normalized spacial score (nSPS) is 10.6. The summed E-state index contributed by atoms with van der Waals surface area (Å²) >= 11 is 0. The lowest BCUT2D eigenvalue weighted by Crippen LogP contribution is -2.39. The highest BCUT2D eigenvalue weighted by Crippen LogP contribution is 2.27. The lowest BCUT2D eigenvalue weighted by molar-refractivity contribution is -0.114. The van der Waals surface area contributed by atoms with Crippen LogP contribution in [0.4, 0.5) is 10.1 Å². The highest BCUT2D eigenvalue weighted by molar-refractivity contribution is 14.0. The van der Waals surface area contributed by atoms with Crippen LogP contribution in [0.1, 0.15) is 12.5 Å². The van der Waals surface area contributed by atoms with Crippen LogP contribution in [-0.4, -0.2) is 45.7 Å². The number of guanidine groups is 1. The van der Waals surface area contributed by atoms with E-state index in [1.54, 1.807) is 20.3 Å². The molecule has 0 atom stereocenters. The average molecular weight is 530 g/mol. The number of ether oxygens (including phenoxy) is 2. The molecule has 0 saturated heterocycles. The maximum absolute atomic E-state index is 13.2. The van der Waals surface area contributed by atoms with Crippen molar-refractivity contribution >= 4 is 41.5 Å². The Morgan fingerprint density at radius 2 is 1.83 bits per heavy atom. The fourth-order valence-electron chi connectivity index (χ4n) is 2.62. The number of nitrogens with zero attached hydrogens (tertiary/aromatic N) is 1. The van der Waals surface area contributed by atoms with Crippen LogP contribution >= 0.6 is 24.0 Å². The van der Waals surface area contributed by atoms with Gasteiger partial charge in [0.1, 0.15) is 12.4 Å². The zero-order valence-corrected chi connectivity index (χ0v) is 19.7. The van der Waals surface area contributed by atoms with Gasteiger partial charge in [0.15, 0.2) is 17.5 Å². The van der Waals surface area contributed by atoms with E-state index in [2.05, 4.69) is 20.9 Å². The van der Waals surface area contributed by atoms with Gasteiger partial charge in [-0.1, -0.05) is 12.1 Å². The van der Waals surface area contributed by atoms with Gasteiger partial charge in [0, 0.05) is 18.8 Å². The smallest absolute Gasteiger partial charge is 0.246 e. The van der Waals surface area contributed by atoms with Gasteiger partial charge in [0.05, 0.1) is 14.2 Å². The van der Waals surface area contributed by atoms with Crippen molar-refractivity contribution in [3.05, 3.63) is 53.8 Å². The van der Waals surface area contributed by atoms with E-state index in [1.165, 1.54) is 18.2 Å². The molecular formula is C21H28FIN4O3. The molecule has 0 radical (unpaired) electrons. The number of amides is 1. The van der Waals surface area contributed by atoms with Crippen molar-refractivity contribution in [2.24, 2.45) is 4.99 Å². The Morgan fingerprint density at radius 1 is 1.07 bits per heavy atom. The van der Waals surface area contributed by atoms with Gasteiger partial charge in [0.2, 0.25) is 5.91 Å². The fourth-order valence-corrected chi connectivity index (χ4v) is 2.62. The van der Waals surface area contributed by atoms with Crippen LogP contribution in [0.5, 0.6) is 11.5 Å². The molecule has 7 nitrogen and oxygen atoms in total. The van der Waals surface area contributed by atoms with E-state index in [-0.39, 0.29) is 36.4 Å². The summed E-state index contributed by atoms with van der Waals surface area (Å²) in [6.07, 6.45) is 0.736. The second-order valence-corrected chi connectivity index (χ2v) is 6.12. The number of carbonyl (C=O) groups is 1. The largest absolute Gasteiger partial charge is 0.493 e. The summed E-state index contributed by atoms with van der Waals surface area (Å²) in [6, 6.07) is 11.5. The molecule has 3 N–H and O–H groups in total. The highest BCUT2D eigenvalue weighted by Gasteiger charge is 2.06. The van der Waals surface area contributed by atoms with Crippen LogP contribution < -0.4 is 25.4 Å². The van der Waals surface area contributed by atoms with Gasteiger partial charge in [-0.3, -0.25) is 4.79 Å². The summed E-state index contributed by atoms with van der Waals surface area (Å²) in [5.41, 5.74) is 1.48. The predicted molar refractivity (Wildman–Crippen MR) is 128 cm³/mol. The molecule has 0 bridgehead atoms. The quantitative estimate of drug-likeness (QED) is 0.264. The number of carbonyl (C=O) groups excluding carboxylic acids is 1. The topological polar surface area (TPSA) is 84.0 Å². The Labute approximate surface area is 193 Å². The highest BCUT2D eigenvalue weighted by atomic mass is 127. The van der Waals surface area contributed by atoms with E-state index >= 15 is 0 Å². The van der Waals surface area contributed by atoms with E-state index in [0.29, 0.717) is 36.2 Å². The summed E-state index contributed by atoms with van der Waals surface area (Å²) in [6.45, 7) is 3.14. The van der Waals surface area contributed by atoms with Crippen LogP contribution in [0, 0.1) is 5.82 Å². The number of halogens is 2. The molecule has 0 aromatic heterocycles. The van der Waals surface area contributed by atoms with Crippen molar-refractivity contribution < 1.29 is 18.7 Å². The summed E-state index contributed by atoms with van der Waals surface area (Å²) in [5, 5.41) is 8.90. The first-order chi connectivity index (χ1) is 14.0. The third kappa shape index (κ3) is 8.44. The Balaban J connectivity index is 0.00000450. The van der Waals surface area contributed by atoms with E-state index in [9.17, 15) is 9.18 Å². The van der Waals surface area contributed by atoms with E-state index in [0.717, 1.165) is 12.0 Å². The standard InChI is InChI=1S/C21H27FN4O3.HI/c1-4-23-21(25-14-20(27)26-17-7-5-6-16(22)13-17)24-11-10-15-8-9-18(28-2)19(12-15)29-3;/h5-9,12-13H,4,10-11,14H2,1-3H3,(H,26,27)(H2,23,24,25);1H. The van der Waals surface area contributed by atoms with Crippen molar-refractivity contribution in [2.75, 3.05) is 39.2 Å². The van der Waals surface area contributed by atoms with Crippen LogP contribution in [0.15, 0.2) is 47.5 Å². The van der Waals surface area contributed by atoms with Crippen LogP contribution in [0.3, 0.4) is 0 Å². The molecule has 0 heterocycles. The van der Waals surface area contributed by atoms with Gasteiger partial charge in [-0.05, 0) is 49.2 Å². The summed E-state index contributed by atoms with van der Waals surface area (Å²) in [4.78, 5) is 16.3. The van der Waals surface area contributed by atoms with Gasteiger partial charge >= 0.3 is 0 Å². The molecule has 1 amide bonds. The Bertz CT molecular complexity index is 849. The maximum atomic E-state index is 13.2. The Morgan fingerprint density at radius 3 is 2.50 bits per heavy atom. The second kappa shape index (κ2) is 13.6. The maximum Gasteiger partial charge on any atom is 0.246 e. The van der Waals surface area contributed by atoms with Gasteiger partial charge in [0.25, 0.3) is 0 Å². The van der Waals surface area contributed by atoms with Crippen molar-refractivity contribution in [1.82, 2.24) is 10.6 Å². The Kier molecular flexibility index (Phi) is 11.6. The summed E-state index contributed by atoms with van der Waals surface area (Å²) < 4.78 is 23.7. The van der Waals surface area contributed by atoms with E-state index < -0.39 is 5.82 Å². The molecule has 9 heteroatoms. The number of hydrogen-bond donors (Lipinski definition) is 3. The van der Waals surface area contributed by atoms with Crippen molar-refractivity contribution in [3.63, 3.8) is 0 Å². The zero-order chi connectivity index (χ0) is 21.1. The molecule has 0 aliphatic rings. The minimum atomic E-state index is -0.406. The van der Waals surface area contributed by atoms with Crippen molar-refractivity contribution in [2.45, 2.75) is 13.3 Å². The molecule has 0 aliphatic heterocycles. The molecule has 2 rings (SSSR count). The second-order valence-electron chi connectivity index (χ2n) is 6.12. The lowest BCUT2D eigenvalue weighted by atomic mass is 10.1. The lowest BCUT2D eigenvalue weighted by Gasteiger charge is -2.13. The molecule has 2 aromatic carbocycles. The molecule has 0 saturated carbocycles. The van der Waals surface area contributed by atoms with Crippen molar-refractivity contribution in [3.8, 4) is 11.5 Å². The minimum Gasteiger partial charge on any atom is -0.493 e. The molecule has 2 aromatic rings. The van der Waals surface area contributed by atoms with Crippen molar-refractivity contribution in [1.29, 1.82) is 0 Å². The van der Waals surface area contributed by atoms with Gasteiger partial charge < -0.3 is 25.4 Å². The summed E-state index contributed by atoms with van der Waals surface area (Å²) in [5.74, 6) is 1.16. The molecular weight excluding hydrogens is 502 g/mol. The van der Waals surface area contributed by atoms with Crippen LogP contribution in [0.25, 0.3) is 0 Å². The molecule has 164 valence electrons. The molecule has 0 unspecified atom stereocenters. The molecule has 0 fully saturated rings. The third-order valence-corrected chi connectivity index (χ3v) is 3.99. The molecule has 0 aliphatic carbocycles. The van der Waals surface area contributed by atoms with Crippen LogP contribution in [-0.2, 0) is 11.2 Å². The van der Waals surface area contributed by atoms with Gasteiger partial charge in [-0.2, -0.15) is 0 Å². The number of nitrogens with one attached hydrogen (secondary N) is 3. The number of hydrogen-bond acceptors (Lipinski definition) is 4. The van der Waals surface area contributed by atoms with E-state index in [1.807, 2.05) is 25.1 Å². The fraction of sp³-hybridized carbons (Fsp3) is 0.333. The number of benzene rings is 2. The van der Waals surface area contributed by atoms with Gasteiger partial charge in [-0.15, -0.1) is 24.0 Å². The first-order valence-electron chi connectivity index (χ1n) is 9.34. The first-order valence-corrected chi connectivity index (χ1v) is 9.34. The van der Waals surface area contributed by atoms with Gasteiger partial charge in [-0.25, -0.2) is 9.38 Å². The minimum absolute atomic E-state index is 0. The number of aliphatic imine (C=N–C) groups is 1. The van der Waals surface area contributed by atoms with Crippen LogP contribution in [0.2, 0.25) is 0 Å². The predicted octanol–water partition coefficient (Wildman–Crippen LogP) is 3.20. The monoisotopic (exact) mass is 530 g/mol. The SMILES string of the molecule is CCNC(=NCC(=O)Nc1cccc(F)c1)NCCc1ccc(OC)c(OC)c1.I. The Hall–Kier alpha value is -2.56.